The highest BCUT2D eigenvalue weighted by Gasteiger charge is 2.28. The lowest BCUT2D eigenvalue weighted by molar-refractivity contribution is -0.0201. The molecule has 1 fully saturated rings. The molecule has 20 heavy (non-hydrogen) atoms. The normalized spacial score (nSPS) is 20.6. The maximum atomic E-state index is 9.99. The first-order valence-corrected chi connectivity index (χ1v) is 7.06. The lowest BCUT2D eigenvalue weighted by Gasteiger charge is -2.36. The summed E-state index contributed by atoms with van der Waals surface area (Å²) in [6.45, 7) is 4.32. The van der Waals surface area contributed by atoms with E-state index in [0.717, 1.165) is 25.9 Å². The minimum Gasteiger partial charge on any atom is -0.491 e. The SMILES string of the molecule is CC1(O)CCN(CC(O)COc2ccc(N)cc2)CC1. The molecule has 1 aliphatic heterocycles. The Kier molecular flexibility index (Phi) is 4.86. The van der Waals surface area contributed by atoms with Crippen molar-refractivity contribution in [2.24, 2.45) is 0 Å². The van der Waals surface area contributed by atoms with Gasteiger partial charge in [-0.05, 0) is 44.0 Å². The van der Waals surface area contributed by atoms with Crippen molar-refractivity contribution >= 4 is 5.69 Å². The number of hydrogen-bond donors (Lipinski definition) is 3. The van der Waals surface area contributed by atoms with Crippen molar-refractivity contribution in [2.45, 2.75) is 31.5 Å². The lowest BCUT2D eigenvalue weighted by atomic mass is 9.94. The fourth-order valence-electron chi connectivity index (χ4n) is 2.32. The van der Waals surface area contributed by atoms with Crippen LogP contribution >= 0.6 is 0 Å². The van der Waals surface area contributed by atoms with Gasteiger partial charge in [0.1, 0.15) is 18.5 Å². The number of likely N-dealkylation sites (tertiary alicyclic amines) is 1. The summed E-state index contributed by atoms with van der Waals surface area (Å²) in [6.07, 6.45) is 0.965. The van der Waals surface area contributed by atoms with Crippen LogP contribution in [0, 0.1) is 0 Å². The van der Waals surface area contributed by atoms with Gasteiger partial charge in [0.15, 0.2) is 0 Å². The maximum absolute atomic E-state index is 9.99. The molecule has 1 aromatic rings. The summed E-state index contributed by atoms with van der Waals surface area (Å²) in [5, 5.41) is 19.9. The van der Waals surface area contributed by atoms with Crippen LogP contribution in [0.3, 0.4) is 0 Å². The van der Waals surface area contributed by atoms with Gasteiger partial charge in [-0.25, -0.2) is 0 Å². The number of rotatable bonds is 5. The molecule has 1 aromatic carbocycles. The van der Waals surface area contributed by atoms with Crippen LogP contribution < -0.4 is 10.5 Å². The number of β-amino-alcohol motifs (C(OH)–C–C–N with tert-alkyl or cyclic N) is 1. The van der Waals surface area contributed by atoms with Gasteiger partial charge in [0.2, 0.25) is 0 Å². The smallest absolute Gasteiger partial charge is 0.119 e. The van der Waals surface area contributed by atoms with Crippen molar-refractivity contribution in [1.82, 2.24) is 4.90 Å². The van der Waals surface area contributed by atoms with Crippen molar-refractivity contribution in [2.75, 3.05) is 32.0 Å². The summed E-state index contributed by atoms with van der Waals surface area (Å²) >= 11 is 0. The largest absolute Gasteiger partial charge is 0.491 e. The summed E-state index contributed by atoms with van der Waals surface area (Å²) in [7, 11) is 0. The zero-order valence-corrected chi connectivity index (χ0v) is 12.0. The molecule has 0 radical (unpaired) electrons. The molecule has 4 N–H and O–H groups in total. The molecule has 5 nitrogen and oxygen atoms in total. The molecule has 0 spiro atoms. The molecule has 0 saturated carbocycles. The molecular formula is C15H24N2O3. The van der Waals surface area contributed by atoms with E-state index in [1.54, 1.807) is 24.3 Å². The van der Waals surface area contributed by atoms with Crippen LogP contribution in [0.2, 0.25) is 0 Å². The molecule has 112 valence electrons. The summed E-state index contributed by atoms with van der Waals surface area (Å²) in [5.41, 5.74) is 5.74. The van der Waals surface area contributed by atoms with Crippen molar-refractivity contribution < 1.29 is 14.9 Å². The summed E-state index contributed by atoms with van der Waals surface area (Å²) in [4.78, 5) is 2.16. The maximum Gasteiger partial charge on any atom is 0.119 e. The third-order valence-corrected chi connectivity index (χ3v) is 3.72. The van der Waals surface area contributed by atoms with Crippen molar-refractivity contribution in [1.29, 1.82) is 0 Å². The van der Waals surface area contributed by atoms with Gasteiger partial charge in [-0.3, -0.25) is 0 Å². The zero-order valence-electron chi connectivity index (χ0n) is 12.0. The second-order valence-corrected chi connectivity index (χ2v) is 5.83. The Hall–Kier alpha value is -1.30. The number of ether oxygens (including phenoxy) is 1. The number of nitrogen functional groups attached to an aromatic ring is 1. The molecule has 1 atom stereocenters. The summed E-state index contributed by atoms with van der Waals surface area (Å²) < 4.78 is 5.52. The van der Waals surface area contributed by atoms with E-state index in [-0.39, 0.29) is 6.61 Å². The van der Waals surface area contributed by atoms with E-state index in [0.29, 0.717) is 18.0 Å². The molecule has 1 unspecified atom stereocenters. The first kappa shape index (κ1) is 15.1. The summed E-state index contributed by atoms with van der Waals surface area (Å²) in [6, 6.07) is 7.13. The minimum absolute atomic E-state index is 0.261. The molecule has 0 aromatic heterocycles. The number of anilines is 1. The van der Waals surface area contributed by atoms with Crippen LogP contribution in [0.25, 0.3) is 0 Å². The molecule has 1 saturated heterocycles. The Morgan fingerprint density at radius 2 is 1.90 bits per heavy atom. The van der Waals surface area contributed by atoms with E-state index in [9.17, 15) is 10.2 Å². The first-order chi connectivity index (χ1) is 9.44. The van der Waals surface area contributed by atoms with Crippen molar-refractivity contribution in [3.05, 3.63) is 24.3 Å². The van der Waals surface area contributed by atoms with Crippen LogP contribution in [-0.4, -0.2) is 53.1 Å². The van der Waals surface area contributed by atoms with E-state index >= 15 is 0 Å². The standard InChI is InChI=1S/C15H24N2O3/c1-15(19)6-8-17(9-7-15)10-13(18)11-20-14-4-2-12(16)3-5-14/h2-5,13,18-19H,6-11,16H2,1H3. The van der Waals surface area contributed by atoms with Crippen LogP contribution in [0.1, 0.15) is 19.8 Å². The number of benzene rings is 1. The second-order valence-electron chi connectivity index (χ2n) is 5.83. The Balaban J connectivity index is 1.70. The monoisotopic (exact) mass is 280 g/mol. The first-order valence-electron chi connectivity index (χ1n) is 7.06. The fraction of sp³-hybridized carbons (Fsp3) is 0.600. The Bertz CT molecular complexity index is 410. The third kappa shape index (κ3) is 4.67. The van der Waals surface area contributed by atoms with E-state index in [4.69, 9.17) is 10.5 Å². The molecule has 5 heteroatoms. The minimum atomic E-state index is -0.554. The van der Waals surface area contributed by atoms with Gasteiger partial charge >= 0.3 is 0 Å². The second kappa shape index (κ2) is 6.43. The van der Waals surface area contributed by atoms with E-state index in [1.807, 2.05) is 6.92 Å². The van der Waals surface area contributed by atoms with Gasteiger partial charge in [-0.1, -0.05) is 0 Å². The number of nitrogens with two attached hydrogens (primary N) is 1. The van der Waals surface area contributed by atoms with Gasteiger partial charge in [0.25, 0.3) is 0 Å². The number of nitrogens with zero attached hydrogens (tertiary/aromatic N) is 1. The van der Waals surface area contributed by atoms with Crippen molar-refractivity contribution in [3.8, 4) is 5.75 Å². The van der Waals surface area contributed by atoms with E-state index in [2.05, 4.69) is 4.90 Å². The van der Waals surface area contributed by atoms with Crippen molar-refractivity contribution in [3.63, 3.8) is 0 Å². The van der Waals surface area contributed by atoms with E-state index in [1.165, 1.54) is 0 Å². The van der Waals surface area contributed by atoms with Gasteiger partial charge < -0.3 is 25.6 Å². The average Bonchev–Trinajstić information content (AvgIpc) is 2.41. The fourth-order valence-corrected chi connectivity index (χ4v) is 2.32. The van der Waals surface area contributed by atoms with Gasteiger partial charge in [-0.15, -0.1) is 0 Å². The Morgan fingerprint density at radius 3 is 2.50 bits per heavy atom. The zero-order chi connectivity index (χ0) is 14.6. The third-order valence-electron chi connectivity index (χ3n) is 3.72. The molecular weight excluding hydrogens is 256 g/mol. The quantitative estimate of drug-likeness (QED) is 0.697. The molecule has 1 heterocycles. The highest BCUT2D eigenvalue weighted by molar-refractivity contribution is 5.41. The van der Waals surface area contributed by atoms with Crippen LogP contribution in [0.15, 0.2) is 24.3 Å². The predicted octanol–water partition coefficient (Wildman–Crippen LogP) is 0.855. The molecule has 1 aliphatic rings. The molecule has 0 aliphatic carbocycles. The topological polar surface area (TPSA) is 79.0 Å². The number of piperidine rings is 1. The Labute approximate surface area is 120 Å². The van der Waals surface area contributed by atoms with Crippen LogP contribution in [0.4, 0.5) is 5.69 Å². The van der Waals surface area contributed by atoms with E-state index < -0.39 is 11.7 Å². The van der Waals surface area contributed by atoms with Crippen LogP contribution in [0.5, 0.6) is 5.75 Å². The molecule has 0 bridgehead atoms. The lowest BCUT2D eigenvalue weighted by Crippen LogP contribution is -2.45. The highest BCUT2D eigenvalue weighted by atomic mass is 16.5. The average molecular weight is 280 g/mol. The summed E-state index contributed by atoms with van der Waals surface area (Å²) in [5.74, 6) is 0.708. The van der Waals surface area contributed by atoms with Crippen LogP contribution in [-0.2, 0) is 0 Å². The predicted molar refractivity (Wildman–Crippen MR) is 78.7 cm³/mol. The molecule has 2 rings (SSSR count). The molecule has 0 amide bonds. The highest BCUT2D eigenvalue weighted by Crippen LogP contribution is 2.21. The number of aliphatic hydroxyl groups excluding tert-OH is 1. The van der Waals surface area contributed by atoms with Gasteiger partial charge in [-0.2, -0.15) is 0 Å². The number of aliphatic hydroxyl groups is 2. The van der Waals surface area contributed by atoms with Gasteiger partial charge in [0.05, 0.1) is 5.60 Å². The van der Waals surface area contributed by atoms with Gasteiger partial charge in [0, 0.05) is 25.3 Å². The Morgan fingerprint density at radius 1 is 1.30 bits per heavy atom. The number of hydrogen-bond acceptors (Lipinski definition) is 5.